The molecule has 2 aromatic rings. The zero-order valence-electron chi connectivity index (χ0n) is 13.7. The average Bonchev–Trinajstić information content (AvgIpc) is 2.61. The van der Waals surface area contributed by atoms with E-state index in [0.29, 0.717) is 11.4 Å². The maximum atomic E-state index is 11.9. The number of aromatic nitrogens is 2. The molecule has 5 N–H and O–H groups in total. The summed E-state index contributed by atoms with van der Waals surface area (Å²) in [5.74, 6) is -0.424. The highest BCUT2D eigenvalue weighted by atomic mass is 16.3. The number of rotatable bonds is 6. The van der Waals surface area contributed by atoms with Crippen molar-refractivity contribution in [1.29, 1.82) is 0 Å². The Hall–Kier alpha value is -2.35. The van der Waals surface area contributed by atoms with Crippen LogP contribution in [0.25, 0.3) is 11.1 Å². The van der Waals surface area contributed by atoms with Crippen molar-refractivity contribution in [3.05, 3.63) is 48.0 Å². The molecule has 0 fully saturated rings. The fourth-order valence-corrected chi connectivity index (χ4v) is 2.12. The summed E-state index contributed by atoms with van der Waals surface area (Å²) in [6.07, 6.45) is 2.46. The van der Waals surface area contributed by atoms with Crippen LogP contribution in [0.2, 0.25) is 0 Å². The number of pyridine rings is 2. The summed E-state index contributed by atoms with van der Waals surface area (Å²) in [6.45, 7) is 3.17. The van der Waals surface area contributed by atoms with Gasteiger partial charge in [0, 0.05) is 23.5 Å². The lowest BCUT2D eigenvalue weighted by Crippen LogP contribution is -2.47. The second kappa shape index (κ2) is 7.96. The zero-order valence-corrected chi connectivity index (χ0v) is 13.7. The maximum Gasteiger partial charge on any atom is 0.240 e. The molecule has 128 valence electrons. The predicted molar refractivity (Wildman–Crippen MR) is 89.6 cm³/mol. The van der Waals surface area contributed by atoms with E-state index in [1.807, 2.05) is 18.2 Å². The Bertz CT molecular complexity index is 671. The smallest absolute Gasteiger partial charge is 0.240 e. The Morgan fingerprint density at radius 3 is 2.25 bits per heavy atom. The van der Waals surface area contributed by atoms with Crippen molar-refractivity contribution in [3.8, 4) is 11.1 Å². The van der Waals surface area contributed by atoms with Crippen molar-refractivity contribution in [1.82, 2.24) is 15.3 Å². The van der Waals surface area contributed by atoms with Gasteiger partial charge in [-0.1, -0.05) is 12.1 Å². The van der Waals surface area contributed by atoms with Gasteiger partial charge in [0.25, 0.3) is 0 Å². The van der Waals surface area contributed by atoms with Crippen molar-refractivity contribution >= 4 is 5.91 Å². The topological polar surface area (TPSA) is 121 Å². The summed E-state index contributed by atoms with van der Waals surface area (Å²) in [5, 5.41) is 21.1. The summed E-state index contributed by atoms with van der Waals surface area (Å²) < 4.78 is 0. The molecule has 0 aliphatic heterocycles. The number of nitrogens with two attached hydrogens (primary N) is 1. The first-order chi connectivity index (χ1) is 11.4. The van der Waals surface area contributed by atoms with E-state index in [-0.39, 0.29) is 12.6 Å². The lowest BCUT2D eigenvalue weighted by atomic mass is 10.1. The predicted octanol–water partition coefficient (Wildman–Crippen LogP) is 0.521. The Kier molecular flexibility index (Phi) is 5.97. The highest BCUT2D eigenvalue weighted by Crippen LogP contribution is 2.19. The molecule has 0 bridgehead atoms. The first-order valence-electron chi connectivity index (χ1n) is 7.68. The molecule has 7 heteroatoms. The molecule has 0 aliphatic carbocycles. The van der Waals surface area contributed by atoms with E-state index in [1.54, 1.807) is 25.4 Å². The summed E-state index contributed by atoms with van der Waals surface area (Å²) in [4.78, 5) is 20.4. The molecule has 24 heavy (non-hydrogen) atoms. The standard InChI is InChI=1S/C17H22N4O3/c1-10(21-17(24)16(18)11(2)23)15-6-4-13(8-20-15)12-3-5-14(9-22)19-7-12/h3-8,10-11,16,22-23H,9,18H2,1-2H3,(H,21,24)/t10-,11-,16+/m1/s1. The SMILES string of the molecule is C[C@@H](NC(=O)[C@@H](N)[C@@H](C)O)c1ccc(-c2ccc(CO)nc2)cn1. The van der Waals surface area contributed by atoms with Crippen LogP contribution in [0.15, 0.2) is 36.7 Å². The normalized spacial score (nSPS) is 14.7. The van der Waals surface area contributed by atoms with E-state index in [9.17, 15) is 9.90 Å². The molecule has 0 radical (unpaired) electrons. The van der Waals surface area contributed by atoms with Gasteiger partial charge in [-0.25, -0.2) is 0 Å². The Balaban J connectivity index is 2.06. The number of hydrogen-bond acceptors (Lipinski definition) is 6. The second-order valence-corrected chi connectivity index (χ2v) is 5.66. The number of nitrogens with zero attached hydrogens (tertiary/aromatic N) is 2. The third-order valence-corrected chi connectivity index (χ3v) is 3.73. The summed E-state index contributed by atoms with van der Waals surface area (Å²) in [7, 11) is 0. The largest absolute Gasteiger partial charge is 0.391 e. The van der Waals surface area contributed by atoms with Gasteiger partial charge < -0.3 is 21.3 Å². The average molecular weight is 330 g/mol. The minimum atomic E-state index is -0.970. The number of carbonyl (C=O) groups is 1. The zero-order chi connectivity index (χ0) is 17.7. The van der Waals surface area contributed by atoms with Crippen molar-refractivity contribution in [2.45, 2.75) is 38.6 Å². The molecule has 0 aromatic carbocycles. The van der Waals surface area contributed by atoms with Crippen LogP contribution in [0, 0.1) is 0 Å². The van der Waals surface area contributed by atoms with E-state index < -0.39 is 18.1 Å². The van der Waals surface area contributed by atoms with Crippen LogP contribution in [-0.4, -0.2) is 38.2 Å². The van der Waals surface area contributed by atoms with Gasteiger partial charge in [-0.15, -0.1) is 0 Å². The number of aliphatic hydroxyl groups is 2. The van der Waals surface area contributed by atoms with Gasteiger partial charge in [0.15, 0.2) is 0 Å². The molecule has 0 unspecified atom stereocenters. The number of aliphatic hydroxyl groups excluding tert-OH is 2. The van der Waals surface area contributed by atoms with Gasteiger partial charge in [-0.3, -0.25) is 14.8 Å². The highest BCUT2D eigenvalue weighted by Gasteiger charge is 2.21. The van der Waals surface area contributed by atoms with Crippen LogP contribution >= 0.6 is 0 Å². The van der Waals surface area contributed by atoms with Gasteiger partial charge in [0.05, 0.1) is 30.1 Å². The molecule has 7 nitrogen and oxygen atoms in total. The van der Waals surface area contributed by atoms with Gasteiger partial charge in [-0.05, 0) is 26.0 Å². The van der Waals surface area contributed by atoms with Gasteiger partial charge >= 0.3 is 0 Å². The fourth-order valence-electron chi connectivity index (χ4n) is 2.12. The van der Waals surface area contributed by atoms with E-state index >= 15 is 0 Å². The molecular formula is C17H22N4O3. The molecule has 3 atom stereocenters. The minimum Gasteiger partial charge on any atom is -0.391 e. The number of nitrogens with one attached hydrogen (secondary N) is 1. The van der Waals surface area contributed by atoms with Crippen LogP contribution in [0.3, 0.4) is 0 Å². The third-order valence-electron chi connectivity index (χ3n) is 3.73. The van der Waals surface area contributed by atoms with Crippen molar-refractivity contribution in [3.63, 3.8) is 0 Å². The number of carbonyl (C=O) groups excluding carboxylic acids is 1. The van der Waals surface area contributed by atoms with Crippen LogP contribution in [0.4, 0.5) is 0 Å². The van der Waals surface area contributed by atoms with Gasteiger partial charge in [0.2, 0.25) is 5.91 Å². The molecule has 0 saturated carbocycles. The second-order valence-electron chi connectivity index (χ2n) is 5.66. The molecule has 2 aromatic heterocycles. The molecule has 2 rings (SSSR count). The van der Waals surface area contributed by atoms with Gasteiger partial charge in [0.1, 0.15) is 6.04 Å². The van der Waals surface area contributed by atoms with Crippen LogP contribution in [0.5, 0.6) is 0 Å². The third kappa shape index (κ3) is 4.35. The Morgan fingerprint density at radius 1 is 1.17 bits per heavy atom. The van der Waals surface area contributed by atoms with Crippen molar-refractivity contribution < 1.29 is 15.0 Å². The lowest BCUT2D eigenvalue weighted by Gasteiger charge is -2.19. The van der Waals surface area contributed by atoms with Gasteiger partial charge in [-0.2, -0.15) is 0 Å². The monoisotopic (exact) mass is 330 g/mol. The fraction of sp³-hybridized carbons (Fsp3) is 0.353. The van der Waals surface area contributed by atoms with E-state index in [0.717, 1.165) is 11.1 Å². The summed E-state index contributed by atoms with van der Waals surface area (Å²) in [6, 6.07) is 6.02. The van der Waals surface area contributed by atoms with E-state index in [1.165, 1.54) is 6.92 Å². The first kappa shape index (κ1) is 18.0. The number of hydrogen-bond donors (Lipinski definition) is 4. The quantitative estimate of drug-likeness (QED) is 0.613. The van der Waals surface area contributed by atoms with Crippen molar-refractivity contribution in [2.75, 3.05) is 0 Å². The van der Waals surface area contributed by atoms with E-state index in [4.69, 9.17) is 10.8 Å². The molecule has 0 aliphatic rings. The number of amides is 1. The molecular weight excluding hydrogens is 308 g/mol. The summed E-state index contributed by atoms with van der Waals surface area (Å²) >= 11 is 0. The van der Waals surface area contributed by atoms with Crippen LogP contribution < -0.4 is 11.1 Å². The van der Waals surface area contributed by atoms with Crippen LogP contribution in [-0.2, 0) is 11.4 Å². The Labute approximate surface area is 140 Å². The maximum absolute atomic E-state index is 11.9. The van der Waals surface area contributed by atoms with Crippen LogP contribution in [0.1, 0.15) is 31.3 Å². The minimum absolute atomic E-state index is 0.0940. The molecule has 0 spiro atoms. The summed E-state index contributed by atoms with van der Waals surface area (Å²) in [5.41, 5.74) is 8.67. The molecule has 0 saturated heterocycles. The van der Waals surface area contributed by atoms with Crippen molar-refractivity contribution in [2.24, 2.45) is 5.73 Å². The van der Waals surface area contributed by atoms with E-state index in [2.05, 4.69) is 15.3 Å². The first-order valence-corrected chi connectivity index (χ1v) is 7.68. The molecule has 2 heterocycles. The highest BCUT2D eigenvalue weighted by molar-refractivity contribution is 5.82. The molecule has 1 amide bonds. The Morgan fingerprint density at radius 2 is 1.79 bits per heavy atom. The lowest BCUT2D eigenvalue weighted by molar-refractivity contribution is -0.125.